The Labute approximate surface area is 195 Å². The van der Waals surface area contributed by atoms with Gasteiger partial charge in [0, 0.05) is 53.4 Å². The fourth-order valence-corrected chi connectivity index (χ4v) is 2.62. The van der Waals surface area contributed by atoms with E-state index in [0.29, 0.717) is 13.1 Å². The second kappa shape index (κ2) is 15.9. The van der Waals surface area contributed by atoms with E-state index in [1.165, 1.54) is 5.56 Å². The zero-order valence-electron chi connectivity index (χ0n) is 17.5. The number of nitrogens with zero attached hydrogens (tertiary/aromatic N) is 2. The quantitative estimate of drug-likeness (QED) is 0.266. The van der Waals surface area contributed by atoms with Crippen molar-refractivity contribution < 1.29 is 27.0 Å². The molecule has 0 saturated heterocycles. The van der Waals surface area contributed by atoms with Gasteiger partial charge in [-0.15, -0.1) is 0 Å². The summed E-state index contributed by atoms with van der Waals surface area (Å²) in [6.07, 6.45) is 6.24. The predicted octanol–water partition coefficient (Wildman–Crippen LogP) is 5.48. The van der Waals surface area contributed by atoms with Crippen molar-refractivity contribution in [1.29, 1.82) is 0 Å². The first-order valence-electron chi connectivity index (χ1n) is 10.1. The van der Waals surface area contributed by atoms with E-state index in [0.717, 1.165) is 30.4 Å². The predicted molar refractivity (Wildman–Crippen MR) is 126 cm³/mol. The Morgan fingerprint density at radius 1 is 0.677 bits per heavy atom. The summed E-state index contributed by atoms with van der Waals surface area (Å²) in [5.41, 5.74) is 2.82. The Kier molecular flexibility index (Phi) is 13.4. The van der Waals surface area contributed by atoms with Gasteiger partial charge < -0.3 is 17.1 Å². The van der Waals surface area contributed by atoms with E-state index < -0.39 is 0 Å². The number of phenols is 2. The number of aryl methyl sites for hydroxylation is 1. The summed E-state index contributed by atoms with van der Waals surface area (Å²) in [4.78, 5) is 8.51. The summed E-state index contributed by atoms with van der Waals surface area (Å²) in [5, 5.41) is 19.1. The van der Waals surface area contributed by atoms with Gasteiger partial charge in [-0.25, -0.2) is 0 Å². The third-order valence-electron chi connectivity index (χ3n) is 4.22. The van der Waals surface area contributed by atoms with Gasteiger partial charge in [0.25, 0.3) is 0 Å². The van der Waals surface area contributed by atoms with Gasteiger partial charge in [0.2, 0.25) is 0 Å². The summed E-state index contributed by atoms with van der Waals surface area (Å²) in [7, 11) is 0. The molecule has 0 saturated carbocycles. The Hall–Kier alpha value is -2.89. The second-order valence-electron chi connectivity index (χ2n) is 6.63. The summed E-state index contributed by atoms with van der Waals surface area (Å²) >= 11 is 0. The van der Waals surface area contributed by atoms with Crippen LogP contribution >= 0.6 is 0 Å². The first-order chi connectivity index (χ1) is 14.7. The molecular formula is C26H29CoN2O2-. The number of aromatic hydroxyl groups is 2. The molecule has 3 rings (SSSR count). The van der Waals surface area contributed by atoms with Crippen molar-refractivity contribution in [2.45, 2.75) is 19.3 Å². The minimum absolute atomic E-state index is 0. The van der Waals surface area contributed by atoms with Crippen LogP contribution in [0.1, 0.15) is 29.5 Å². The molecular weight excluding hydrogens is 431 g/mol. The van der Waals surface area contributed by atoms with E-state index in [1.54, 1.807) is 36.7 Å². The molecule has 0 aliphatic heterocycles. The molecule has 5 heteroatoms. The molecule has 0 amide bonds. The maximum atomic E-state index is 9.56. The van der Waals surface area contributed by atoms with E-state index in [9.17, 15) is 10.2 Å². The van der Waals surface area contributed by atoms with Gasteiger partial charge in [0.15, 0.2) is 0 Å². The van der Waals surface area contributed by atoms with Crippen molar-refractivity contribution in [3.8, 4) is 11.5 Å². The largest absolute Gasteiger partial charge is 0.507 e. The van der Waals surface area contributed by atoms with Crippen molar-refractivity contribution in [2.24, 2.45) is 9.98 Å². The number of phenolic OH excluding ortho intramolecular Hbond substituents is 2. The van der Waals surface area contributed by atoms with Crippen molar-refractivity contribution in [2.75, 3.05) is 13.1 Å². The van der Waals surface area contributed by atoms with Crippen molar-refractivity contribution in [3.63, 3.8) is 0 Å². The van der Waals surface area contributed by atoms with Crippen molar-refractivity contribution >= 4 is 12.4 Å². The van der Waals surface area contributed by atoms with Gasteiger partial charge in [-0.05, 0) is 30.7 Å². The molecule has 2 N–H and O–H groups in total. The SMILES string of the molecule is Oc1ccccc1C=NCCCN=Cc1ccccc1O.[CH2-]CCc1ccccc1.[Co]. The molecule has 3 aromatic carbocycles. The summed E-state index contributed by atoms with van der Waals surface area (Å²) < 4.78 is 0. The molecule has 0 aliphatic carbocycles. The standard InChI is InChI=1S/C17H18N2O2.C9H11.Co/c20-16-8-3-1-6-14(16)12-18-10-5-11-19-13-15-7-2-4-9-17(15)21;1-2-6-9-7-4-3-5-8-9;/h1-4,6-9,12-13,20-21H,5,10-11H2;3-5,7-8H,1-2,6H2;/q;-1;. The molecule has 0 heterocycles. The van der Waals surface area contributed by atoms with Crippen molar-refractivity contribution in [3.05, 3.63) is 102 Å². The van der Waals surface area contributed by atoms with Gasteiger partial charge in [-0.3, -0.25) is 9.98 Å². The van der Waals surface area contributed by atoms with Crippen LogP contribution in [0.4, 0.5) is 0 Å². The van der Waals surface area contributed by atoms with E-state index in [-0.39, 0.29) is 28.3 Å². The zero-order chi connectivity index (χ0) is 21.4. The van der Waals surface area contributed by atoms with Crippen LogP contribution in [0, 0.1) is 6.92 Å². The Morgan fingerprint density at radius 3 is 1.58 bits per heavy atom. The van der Waals surface area contributed by atoms with Crippen LogP contribution in [0.5, 0.6) is 11.5 Å². The van der Waals surface area contributed by atoms with Gasteiger partial charge >= 0.3 is 0 Å². The van der Waals surface area contributed by atoms with E-state index in [1.807, 2.05) is 30.3 Å². The summed E-state index contributed by atoms with van der Waals surface area (Å²) in [6.45, 7) is 5.07. The molecule has 0 spiro atoms. The molecule has 0 fully saturated rings. The van der Waals surface area contributed by atoms with Crippen LogP contribution in [0.3, 0.4) is 0 Å². The van der Waals surface area contributed by atoms with E-state index in [4.69, 9.17) is 0 Å². The molecule has 4 nitrogen and oxygen atoms in total. The zero-order valence-corrected chi connectivity index (χ0v) is 18.6. The normalized spacial score (nSPS) is 10.5. The number of hydrogen-bond donors (Lipinski definition) is 2. The first-order valence-corrected chi connectivity index (χ1v) is 10.1. The summed E-state index contributed by atoms with van der Waals surface area (Å²) in [6, 6.07) is 24.6. The maximum absolute atomic E-state index is 9.56. The van der Waals surface area contributed by atoms with Crippen LogP contribution < -0.4 is 0 Å². The fraction of sp³-hybridized carbons (Fsp3) is 0.192. The number of aliphatic imine (C=N–C) groups is 2. The molecule has 0 aliphatic rings. The Morgan fingerprint density at radius 2 is 1.13 bits per heavy atom. The molecule has 31 heavy (non-hydrogen) atoms. The third kappa shape index (κ3) is 10.6. The molecule has 0 atom stereocenters. The molecule has 165 valence electrons. The minimum atomic E-state index is 0. The minimum Gasteiger partial charge on any atom is -0.507 e. The number of benzene rings is 3. The fourth-order valence-electron chi connectivity index (χ4n) is 2.62. The molecule has 1 radical (unpaired) electrons. The van der Waals surface area contributed by atoms with Gasteiger partial charge in [-0.1, -0.05) is 66.6 Å². The Bertz CT molecular complexity index is 872. The summed E-state index contributed by atoms with van der Waals surface area (Å²) in [5.74, 6) is 0.470. The first kappa shape index (κ1) is 26.1. The van der Waals surface area contributed by atoms with Gasteiger partial charge in [-0.2, -0.15) is 6.42 Å². The van der Waals surface area contributed by atoms with Crippen LogP contribution in [-0.4, -0.2) is 35.7 Å². The van der Waals surface area contributed by atoms with Gasteiger partial charge in [0.05, 0.1) is 0 Å². The third-order valence-corrected chi connectivity index (χ3v) is 4.22. The topological polar surface area (TPSA) is 65.2 Å². The van der Waals surface area contributed by atoms with Crippen LogP contribution in [0.25, 0.3) is 0 Å². The number of hydrogen-bond acceptors (Lipinski definition) is 4. The molecule has 0 bridgehead atoms. The molecule has 0 unspecified atom stereocenters. The number of para-hydroxylation sites is 2. The van der Waals surface area contributed by atoms with Crippen LogP contribution in [-0.2, 0) is 23.2 Å². The smallest absolute Gasteiger partial charge is 0.124 e. The average Bonchev–Trinajstić information content (AvgIpc) is 2.77. The van der Waals surface area contributed by atoms with Crippen LogP contribution in [0.15, 0.2) is 88.8 Å². The Balaban J connectivity index is 0.000000404. The van der Waals surface area contributed by atoms with Crippen molar-refractivity contribution in [1.82, 2.24) is 0 Å². The second-order valence-corrected chi connectivity index (χ2v) is 6.63. The van der Waals surface area contributed by atoms with Crippen LogP contribution in [0.2, 0.25) is 0 Å². The van der Waals surface area contributed by atoms with E-state index >= 15 is 0 Å². The van der Waals surface area contributed by atoms with Gasteiger partial charge in [0.1, 0.15) is 11.5 Å². The average molecular weight is 460 g/mol. The number of rotatable bonds is 8. The molecule has 0 aromatic heterocycles. The maximum Gasteiger partial charge on any atom is 0.124 e. The van der Waals surface area contributed by atoms with E-state index in [2.05, 4.69) is 41.2 Å². The molecule has 3 aromatic rings. The monoisotopic (exact) mass is 460 g/mol.